The quantitative estimate of drug-likeness (QED) is 0.579. The molecule has 0 saturated carbocycles. The van der Waals surface area contributed by atoms with Crippen LogP contribution in [-0.2, 0) is 34.7 Å². The van der Waals surface area contributed by atoms with Gasteiger partial charge in [-0.15, -0.1) is 6.20 Å². The molecule has 2 rings (SSSR count). The van der Waals surface area contributed by atoms with Gasteiger partial charge in [0.25, 0.3) is 10.0 Å². The molecule has 7 heteroatoms. The Bertz CT molecular complexity index is 627. The van der Waals surface area contributed by atoms with Crippen LogP contribution < -0.4 is 0 Å². The van der Waals surface area contributed by atoms with Crippen molar-refractivity contribution in [3.8, 4) is 0 Å². The molecule has 112 valence electrons. The second-order valence-corrected chi connectivity index (χ2v) is 6.07. The van der Waals surface area contributed by atoms with Gasteiger partial charge in [-0.1, -0.05) is 23.9 Å². The molecule has 2 aromatic rings. The number of nitrogens with zero attached hydrogens (tertiary/aromatic N) is 2. The van der Waals surface area contributed by atoms with Crippen LogP contribution in [0.25, 0.3) is 0 Å². The molecule has 1 aromatic heterocycles. The van der Waals surface area contributed by atoms with Crippen molar-refractivity contribution in [1.29, 1.82) is 0 Å². The van der Waals surface area contributed by atoms with Crippen LogP contribution in [0.5, 0.6) is 0 Å². The van der Waals surface area contributed by atoms with Crippen LogP contribution in [0.1, 0.15) is 5.69 Å². The fraction of sp³-hybridized carbons (Fsp3) is 0.231. The van der Waals surface area contributed by atoms with Crippen LogP contribution in [0.3, 0.4) is 0 Å². The predicted molar refractivity (Wildman–Crippen MR) is 75.5 cm³/mol. The van der Waals surface area contributed by atoms with Crippen molar-refractivity contribution in [3.05, 3.63) is 54.4 Å². The Balaban J connectivity index is 0.000000956. The summed E-state index contributed by atoms with van der Waals surface area (Å²) in [5.41, 5.74) is 0.629. The Labute approximate surface area is 134 Å². The van der Waals surface area contributed by atoms with Gasteiger partial charge in [-0.3, -0.25) is 0 Å². The molecule has 20 heavy (non-hydrogen) atoms. The fourth-order valence-corrected chi connectivity index (χ4v) is 3.05. The molecule has 0 N–H and O–H groups in total. The van der Waals surface area contributed by atoms with E-state index in [0.29, 0.717) is 12.2 Å². The maximum absolute atomic E-state index is 12.4. The van der Waals surface area contributed by atoms with E-state index >= 15 is 0 Å². The van der Waals surface area contributed by atoms with Crippen LogP contribution in [0.4, 0.5) is 0 Å². The van der Waals surface area contributed by atoms with E-state index in [0.717, 1.165) is 0 Å². The third-order valence-electron chi connectivity index (χ3n) is 2.49. The van der Waals surface area contributed by atoms with E-state index in [1.165, 1.54) is 10.2 Å². The van der Waals surface area contributed by atoms with Gasteiger partial charge in [0.2, 0.25) is 0 Å². The molecule has 0 aliphatic rings. The summed E-state index contributed by atoms with van der Waals surface area (Å²) in [5, 5.41) is 0. The number of halogens is 1. The topological polar surface area (TPSA) is 42.3 Å². The minimum atomic E-state index is -3.51. The number of hydrogen-bond donors (Lipinski definition) is 0. The Morgan fingerprint density at radius 2 is 1.85 bits per heavy atom. The summed E-state index contributed by atoms with van der Waals surface area (Å²) in [6, 6.07) is 13.0. The Morgan fingerprint density at radius 3 is 2.40 bits per heavy atom. The van der Waals surface area contributed by atoms with E-state index in [9.17, 15) is 8.42 Å². The first-order valence-corrected chi connectivity index (χ1v) is 9.11. The van der Waals surface area contributed by atoms with Crippen molar-refractivity contribution in [1.82, 2.24) is 8.87 Å². The molecule has 4 nitrogen and oxygen atoms in total. The maximum atomic E-state index is 12.4. The Morgan fingerprint density at radius 1 is 1.25 bits per heavy atom. The summed E-state index contributed by atoms with van der Waals surface area (Å²) in [6.45, 7) is 0.527. The SMILES string of the molecule is CN(C)Cc1[c-]ccn1S(=O)(=O)c1ccccc1.[Cl][Pd+]. The van der Waals surface area contributed by atoms with Crippen molar-refractivity contribution in [2.75, 3.05) is 14.1 Å². The molecule has 1 aromatic carbocycles. The molecule has 0 unspecified atom stereocenters. The zero-order chi connectivity index (χ0) is 15.2. The molecule has 0 saturated heterocycles. The molecule has 1 heterocycles. The van der Waals surface area contributed by atoms with Crippen LogP contribution >= 0.6 is 9.53 Å². The van der Waals surface area contributed by atoms with Gasteiger partial charge in [0.1, 0.15) is 0 Å². The normalized spacial score (nSPS) is 11.1. The number of hydrogen-bond acceptors (Lipinski definition) is 3. The molecule has 0 fully saturated rings. The molecule has 0 atom stereocenters. The average Bonchev–Trinajstić information content (AvgIpc) is 2.90. The predicted octanol–water partition coefficient (Wildman–Crippen LogP) is 2.27. The zero-order valence-electron chi connectivity index (χ0n) is 11.1. The van der Waals surface area contributed by atoms with E-state index in [2.05, 4.69) is 33.8 Å². The third-order valence-corrected chi connectivity index (χ3v) is 4.22. The van der Waals surface area contributed by atoms with Gasteiger partial charge in [0.15, 0.2) is 0 Å². The van der Waals surface area contributed by atoms with Crippen molar-refractivity contribution in [2.45, 2.75) is 11.4 Å². The molecular weight excluding hydrogens is 390 g/mol. The van der Waals surface area contributed by atoms with Gasteiger partial charge in [-0.2, -0.15) is 0 Å². The molecule has 0 amide bonds. The van der Waals surface area contributed by atoms with E-state index < -0.39 is 10.0 Å². The second kappa shape index (κ2) is 7.96. The average molecular weight is 405 g/mol. The molecule has 0 radical (unpaired) electrons. The van der Waals surface area contributed by atoms with Gasteiger partial charge >= 0.3 is 27.7 Å². The minimum absolute atomic E-state index is 0.287. The summed E-state index contributed by atoms with van der Waals surface area (Å²) < 4.78 is 26.1. The van der Waals surface area contributed by atoms with Gasteiger partial charge in [-0.25, -0.2) is 20.6 Å². The number of aromatic nitrogens is 1. The number of benzene rings is 1. The van der Waals surface area contributed by atoms with Crippen molar-refractivity contribution >= 4 is 19.6 Å². The fourth-order valence-electron chi connectivity index (χ4n) is 1.70. The monoisotopic (exact) mass is 404 g/mol. The summed E-state index contributed by atoms with van der Waals surface area (Å²) in [5.74, 6) is 0. The van der Waals surface area contributed by atoms with Crippen LogP contribution in [-0.4, -0.2) is 31.4 Å². The van der Waals surface area contributed by atoms with Crippen molar-refractivity contribution < 1.29 is 26.6 Å². The van der Waals surface area contributed by atoms with Crippen molar-refractivity contribution in [2.24, 2.45) is 0 Å². The first-order valence-electron chi connectivity index (χ1n) is 5.67. The summed E-state index contributed by atoms with van der Waals surface area (Å²) in [4.78, 5) is 2.19. The van der Waals surface area contributed by atoms with Gasteiger partial charge in [0.05, 0.1) is 4.90 Å². The third kappa shape index (κ3) is 4.18. The van der Waals surface area contributed by atoms with E-state index in [-0.39, 0.29) is 4.90 Å². The van der Waals surface area contributed by atoms with Crippen LogP contribution in [0.2, 0.25) is 0 Å². The summed E-state index contributed by atoms with van der Waals surface area (Å²) in [6.07, 6.45) is 1.53. The summed E-state index contributed by atoms with van der Waals surface area (Å²) in [7, 11) is 4.75. The van der Waals surface area contributed by atoms with Crippen LogP contribution in [0, 0.1) is 6.07 Å². The van der Waals surface area contributed by atoms with E-state index in [1.807, 2.05) is 19.0 Å². The molecule has 0 bridgehead atoms. The van der Waals surface area contributed by atoms with Gasteiger partial charge in [-0.05, 0) is 26.2 Å². The molecule has 0 spiro atoms. The zero-order valence-corrected chi connectivity index (χ0v) is 14.2. The number of rotatable bonds is 4. The van der Waals surface area contributed by atoms with E-state index in [1.54, 1.807) is 36.4 Å². The Kier molecular flexibility index (Phi) is 6.93. The first kappa shape index (κ1) is 17.4. The van der Waals surface area contributed by atoms with Crippen molar-refractivity contribution in [3.63, 3.8) is 0 Å². The first-order chi connectivity index (χ1) is 9.51. The van der Waals surface area contributed by atoms with Crippen LogP contribution in [0.15, 0.2) is 47.5 Å². The van der Waals surface area contributed by atoms with Gasteiger partial charge in [0, 0.05) is 6.54 Å². The standard InChI is InChI=1S/C13H15N2O2S.ClH.Pd/c1-14(2)11-12-7-6-10-15(12)18(16,17)13-8-4-3-5-9-13;;/h3-6,8-10H,11H2,1-2H3;1H;/q-1;;+2/p-1. The molecule has 0 aliphatic carbocycles. The molecule has 0 aliphatic heterocycles. The Hall–Kier alpha value is -0.638. The van der Waals surface area contributed by atoms with E-state index in [4.69, 9.17) is 0 Å². The van der Waals surface area contributed by atoms with Gasteiger partial charge < -0.3 is 8.87 Å². The second-order valence-electron chi connectivity index (χ2n) is 4.26. The molecular formula is C13H15ClN2O2PdS. The summed E-state index contributed by atoms with van der Waals surface area (Å²) >= 11 is 2.22.